The van der Waals surface area contributed by atoms with Crippen LogP contribution in [0, 0.1) is 0 Å². The van der Waals surface area contributed by atoms with Gasteiger partial charge in [-0.3, -0.25) is 5.43 Å². The first kappa shape index (κ1) is 5.31. The van der Waals surface area contributed by atoms with Gasteiger partial charge in [-0.2, -0.15) is 0 Å². The molecular weight excluding hydrogens is 128 g/mol. The molecular formula is C4H5ClN2O. The van der Waals surface area contributed by atoms with Gasteiger partial charge >= 0.3 is 0 Å². The van der Waals surface area contributed by atoms with Crippen molar-refractivity contribution in [1.29, 1.82) is 0 Å². The minimum atomic E-state index is 0.0467. The van der Waals surface area contributed by atoms with E-state index in [0.29, 0.717) is 0 Å². The minimum absolute atomic E-state index is 0.0467. The maximum absolute atomic E-state index is 8.74. The number of halogens is 1. The van der Waals surface area contributed by atoms with E-state index in [4.69, 9.17) is 16.7 Å². The van der Waals surface area contributed by atoms with Gasteiger partial charge in [0.25, 0.3) is 0 Å². The summed E-state index contributed by atoms with van der Waals surface area (Å²) in [5.74, 6) is 0.0467. The largest absolute Gasteiger partial charge is 0.505 e. The number of hydrazine groups is 1. The Balaban J connectivity index is 2.76. The minimum Gasteiger partial charge on any atom is -0.505 e. The molecule has 3 N–H and O–H groups in total. The second-order valence-electron chi connectivity index (χ2n) is 1.30. The van der Waals surface area contributed by atoms with E-state index in [1.54, 1.807) is 6.20 Å². The lowest BCUT2D eigenvalue weighted by molar-refractivity contribution is 0.417. The molecule has 0 radical (unpaired) electrons. The molecule has 44 valence electrons. The number of rotatable bonds is 0. The van der Waals surface area contributed by atoms with Crippen LogP contribution in [0.2, 0.25) is 0 Å². The normalized spacial score (nSPS) is 17.6. The Kier molecular flexibility index (Phi) is 1.30. The quantitative estimate of drug-likeness (QED) is 0.423. The average molecular weight is 133 g/mol. The van der Waals surface area contributed by atoms with Crippen LogP contribution in [0.15, 0.2) is 23.2 Å². The summed E-state index contributed by atoms with van der Waals surface area (Å²) >= 11 is 5.37. The van der Waals surface area contributed by atoms with E-state index < -0.39 is 0 Å². The van der Waals surface area contributed by atoms with Gasteiger partial charge in [0.05, 0.1) is 0 Å². The van der Waals surface area contributed by atoms with Gasteiger partial charge in [-0.05, 0) is 0 Å². The predicted octanol–water partition coefficient (Wildman–Crippen LogP) is 0.574. The Bertz CT molecular complexity index is 152. The van der Waals surface area contributed by atoms with Gasteiger partial charge in [0.15, 0.2) is 10.9 Å². The number of hydrogen-bond acceptors (Lipinski definition) is 3. The summed E-state index contributed by atoms with van der Waals surface area (Å²) in [6.45, 7) is 0. The van der Waals surface area contributed by atoms with Crippen molar-refractivity contribution in [3.05, 3.63) is 23.2 Å². The van der Waals surface area contributed by atoms with E-state index in [2.05, 4.69) is 10.9 Å². The number of allylic oxidation sites excluding steroid dienone is 1. The third-order valence-corrected chi connectivity index (χ3v) is 1.02. The van der Waals surface area contributed by atoms with Crippen LogP contribution in [0.1, 0.15) is 0 Å². The van der Waals surface area contributed by atoms with E-state index in [0.717, 1.165) is 0 Å². The summed E-state index contributed by atoms with van der Waals surface area (Å²) < 4.78 is 0. The Hall–Kier alpha value is -0.830. The average Bonchev–Trinajstić information content (AvgIpc) is 1.77. The topological polar surface area (TPSA) is 44.3 Å². The van der Waals surface area contributed by atoms with Crippen LogP contribution in [0.5, 0.6) is 0 Å². The Morgan fingerprint density at radius 2 is 2.38 bits per heavy atom. The third kappa shape index (κ3) is 0.869. The highest BCUT2D eigenvalue weighted by molar-refractivity contribution is 6.29. The van der Waals surface area contributed by atoms with Crippen LogP contribution in [0.25, 0.3) is 0 Å². The van der Waals surface area contributed by atoms with E-state index in [1.165, 1.54) is 6.08 Å². The standard InChI is InChI=1S/C4H5ClN2O/c5-4-3(8)1-2-6-7-4/h1-2,6-8H. The summed E-state index contributed by atoms with van der Waals surface area (Å²) in [4.78, 5) is 0. The van der Waals surface area contributed by atoms with Crippen molar-refractivity contribution in [2.24, 2.45) is 0 Å². The molecule has 4 heteroatoms. The molecule has 1 rings (SSSR count). The SMILES string of the molecule is OC1=C(Cl)NNC=C1. The van der Waals surface area contributed by atoms with Crippen molar-refractivity contribution in [1.82, 2.24) is 10.9 Å². The zero-order valence-corrected chi connectivity index (χ0v) is 4.74. The molecule has 3 nitrogen and oxygen atoms in total. The summed E-state index contributed by atoms with van der Waals surface area (Å²) in [5.41, 5.74) is 5.07. The molecule has 0 bridgehead atoms. The summed E-state index contributed by atoms with van der Waals surface area (Å²) in [6, 6.07) is 0. The molecule has 0 atom stereocenters. The maximum Gasteiger partial charge on any atom is 0.163 e. The van der Waals surface area contributed by atoms with Gasteiger partial charge in [-0.25, -0.2) is 0 Å². The van der Waals surface area contributed by atoms with Crippen LogP contribution in [0.4, 0.5) is 0 Å². The molecule has 0 aromatic rings. The van der Waals surface area contributed by atoms with Crippen LogP contribution in [-0.4, -0.2) is 5.11 Å². The van der Waals surface area contributed by atoms with Crippen molar-refractivity contribution in [3.8, 4) is 0 Å². The van der Waals surface area contributed by atoms with Gasteiger partial charge in [-0.1, -0.05) is 11.6 Å². The number of aliphatic hydroxyl groups excluding tert-OH is 1. The smallest absolute Gasteiger partial charge is 0.163 e. The molecule has 8 heavy (non-hydrogen) atoms. The van der Waals surface area contributed by atoms with Crippen molar-refractivity contribution >= 4 is 11.6 Å². The number of hydrogen-bond donors (Lipinski definition) is 3. The first-order chi connectivity index (χ1) is 3.80. The molecule has 0 aliphatic carbocycles. The van der Waals surface area contributed by atoms with Gasteiger partial charge < -0.3 is 10.5 Å². The lowest BCUT2D eigenvalue weighted by Crippen LogP contribution is -2.27. The van der Waals surface area contributed by atoms with Crippen molar-refractivity contribution < 1.29 is 5.11 Å². The first-order valence-electron chi connectivity index (χ1n) is 2.07. The van der Waals surface area contributed by atoms with E-state index in [-0.39, 0.29) is 10.9 Å². The molecule has 0 unspecified atom stereocenters. The molecule has 0 amide bonds. The van der Waals surface area contributed by atoms with Crippen molar-refractivity contribution in [2.75, 3.05) is 0 Å². The lowest BCUT2D eigenvalue weighted by Gasteiger charge is -2.08. The maximum atomic E-state index is 8.74. The van der Waals surface area contributed by atoms with Crippen molar-refractivity contribution in [2.45, 2.75) is 0 Å². The monoisotopic (exact) mass is 132 g/mol. The van der Waals surface area contributed by atoms with Gasteiger partial charge in [0.2, 0.25) is 0 Å². The first-order valence-corrected chi connectivity index (χ1v) is 2.45. The van der Waals surface area contributed by atoms with Gasteiger partial charge in [0.1, 0.15) is 0 Å². The second kappa shape index (κ2) is 1.96. The molecule has 0 saturated carbocycles. The van der Waals surface area contributed by atoms with Crippen molar-refractivity contribution in [3.63, 3.8) is 0 Å². The highest BCUT2D eigenvalue weighted by Gasteiger charge is 1.99. The Morgan fingerprint density at radius 1 is 1.62 bits per heavy atom. The zero-order valence-electron chi connectivity index (χ0n) is 3.98. The van der Waals surface area contributed by atoms with Gasteiger partial charge in [-0.15, -0.1) is 0 Å². The number of nitrogens with one attached hydrogen (secondary N) is 2. The molecule has 0 spiro atoms. The van der Waals surface area contributed by atoms with E-state index >= 15 is 0 Å². The second-order valence-corrected chi connectivity index (χ2v) is 1.68. The molecule has 1 aliphatic heterocycles. The van der Waals surface area contributed by atoms with E-state index in [1.807, 2.05) is 0 Å². The Morgan fingerprint density at radius 3 is 2.75 bits per heavy atom. The molecule has 1 heterocycles. The fourth-order valence-electron chi connectivity index (χ4n) is 0.363. The van der Waals surface area contributed by atoms with Crippen LogP contribution >= 0.6 is 11.6 Å². The summed E-state index contributed by atoms with van der Waals surface area (Å²) in [5, 5.41) is 8.95. The fourth-order valence-corrected chi connectivity index (χ4v) is 0.480. The highest BCUT2D eigenvalue weighted by Crippen LogP contribution is 2.04. The van der Waals surface area contributed by atoms with Gasteiger partial charge in [0, 0.05) is 12.3 Å². The van der Waals surface area contributed by atoms with Crippen LogP contribution in [-0.2, 0) is 0 Å². The number of aliphatic hydroxyl groups is 1. The summed E-state index contributed by atoms with van der Waals surface area (Å²) in [7, 11) is 0. The zero-order chi connectivity index (χ0) is 5.98. The molecule has 0 fully saturated rings. The third-order valence-electron chi connectivity index (χ3n) is 0.731. The van der Waals surface area contributed by atoms with E-state index in [9.17, 15) is 0 Å². The van der Waals surface area contributed by atoms with Crippen LogP contribution in [0.3, 0.4) is 0 Å². The molecule has 1 aliphatic rings. The molecule has 0 aromatic heterocycles. The predicted molar refractivity (Wildman–Crippen MR) is 30.9 cm³/mol. The Labute approximate surface area is 51.6 Å². The summed E-state index contributed by atoms with van der Waals surface area (Å²) in [6.07, 6.45) is 3.00. The fraction of sp³-hybridized carbons (Fsp3) is 0. The molecule has 0 saturated heterocycles. The highest BCUT2D eigenvalue weighted by atomic mass is 35.5. The lowest BCUT2D eigenvalue weighted by atomic mass is 10.5. The van der Waals surface area contributed by atoms with Crippen LogP contribution < -0.4 is 10.9 Å². The molecule has 0 aromatic carbocycles.